The van der Waals surface area contributed by atoms with Gasteiger partial charge in [0.15, 0.2) is 0 Å². The van der Waals surface area contributed by atoms with E-state index in [-0.39, 0.29) is 11.3 Å². The van der Waals surface area contributed by atoms with E-state index in [1.165, 1.54) is 0 Å². The number of likely N-dealkylation sites (tertiary alicyclic amines) is 1. The molecule has 0 radical (unpaired) electrons. The van der Waals surface area contributed by atoms with Crippen molar-refractivity contribution in [2.75, 3.05) is 33.4 Å². The minimum atomic E-state index is 0.00452. The zero-order valence-electron chi connectivity index (χ0n) is 13.0. The molecule has 0 unspecified atom stereocenters. The Morgan fingerprint density at radius 1 is 1.36 bits per heavy atom. The maximum absolute atomic E-state index is 12.7. The number of piperidine rings is 1. The molecule has 5 heteroatoms. The number of aromatic nitrogens is 1. The first-order valence-electron chi connectivity index (χ1n) is 7.75. The molecule has 0 bridgehead atoms. The van der Waals surface area contributed by atoms with Crippen molar-refractivity contribution in [1.82, 2.24) is 9.88 Å². The van der Waals surface area contributed by atoms with E-state index < -0.39 is 0 Å². The first kappa shape index (κ1) is 15.0. The molecule has 22 heavy (non-hydrogen) atoms. The molecule has 2 aliphatic rings. The number of ether oxygens (including phenoxy) is 2. The lowest BCUT2D eigenvalue weighted by Crippen LogP contribution is -2.44. The third kappa shape index (κ3) is 2.99. The summed E-state index contributed by atoms with van der Waals surface area (Å²) in [6.45, 7) is 3.01. The van der Waals surface area contributed by atoms with Gasteiger partial charge in [-0.1, -0.05) is 12.2 Å². The van der Waals surface area contributed by atoms with Crippen LogP contribution in [0, 0.1) is 5.41 Å². The van der Waals surface area contributed by atoms with E-state index in [1.54, 1.807) is 25.4 Å². The Labute approximate surface area is 130 Å². The van der Waals surface area contributed by atoms with E-state index in [4.69, 9.17) is 9.47 Å². The van der Waals surface area contributed by atoms with Crippen molar-refractivity contribution in [2.45, 2.75) is 19.3 Å². The van der Waals surface area contributed by atoms with Crippen LogP contribution in [-0.2, 0) is 4.74 Å². The highest BCUT2D eigenvalue weighted by molar-refractivity contribution is 5.96. The van der Waals surface area contributed by atoms with Crippen LogP contribution in [0.4, 0.5) is 0 Å². The van der Waals surface area contributed by atoms with Crippen LogP contribution in [-0.4, -0.2) is 49.2 Å². The van der Waals surface area contributed by atoms with E-state index >= 15 is 0 Å². The maximum Gasteiger partial charge on any atom is 0.259 e. The molecule has 1 aromatic heterocycles. The van der Waals surface area contributed by atoms with E-state index in [0.717, 1.165) is 39.0 Å². The average molecular weight is 302 g/mol. The summed E-state index contributed by atoms with van der Waals surface area (Å²) in [5.41, 5.74) is 0.737. The highest BCUT2D eigenvalue weighted by Crippen LogP contribution is 2.37. The lowest BCUT2D eigenvalue weighted by molar-refractivity contribution is 0.0162. The number of amides is 1. The fraction of sp³-hybridized carbons (Fsp3) is 0.529. The van der Waals surface area contributed by atoms with Crippen LogP contribution in [0.25, 0.3) is 0 Å². The van der Waals surface area contributed by atoms with E-state index in [9.17, 15) is 4.79 Å². The molecule has 0 aliphatic carbocycles. The number of pyridine rings is 1. The Hall–Kier alpha value is -1.88. The summed E-state index contributed by atoms with van der Waals surface area (Å²) in [5, 5.41) is 0. The number of hydrogen-bond acceptors (Lipinski definition) is 4. The molecule has 1 fully saturated rings. The predicted octanol–water partition coefficient (Wildman–Crippen LogP) is 2.29. The van der Waals surface area contributed by atoms with Crippen molar-refractivity contribution in [2.24, 2.45) is 5.41 Å². The topological polar surface area (TPSA) is 51.7 Å². The van der Waals surface area contributed by atoms with Crippen LogP contribution in [0.1, 0.15) is 29.6 Å². The number of methoxy groups -OCH3 is 1. The fourth-order valence-electron chi connectivity index (χ4n) is 3.22. The van der Waals surface area contributed by atoms with Crippen LogP contribution < -0.4 is 4.74 Å². The summed E-state index contributed by atoms with van der Waals surface area (Å²) in [6, 6.07) is 3.54. The second-order valence-corrected chi connectivity index (χ2v) is 6.04. The van der Waals surface area contributed by atoms with E-state index in [0.29, 0.717) is 18.1 Å². The highest BCUT2D eigenvalue weighted by atomic mass is 16.5. The molecule has 1 aromatic rings. The van der Waals surface area contributed by atoms with Crippen LogP contribution in [0.2, 0.25) is 0 Å². The second-order valence-electron chi connectivity index (χ2n) is 6.04. The standard InChI is InChI=1S/C17H22N2O3/c1-21-15-14(5-4-9-18-15)16(20)19-10-7-17(8-11-19)6-2-3-12-22-13-17/h2-5,9H,6-8,10-13H2,1H3. The van der Waals surface area contributed by atoms with Crippen molar-refractivity contribution in [1.29, 1.82) is 0 Å². The quantitative estimate of drug-likeness (QED) is 0.787. The summed E-state index contributed by atoms with van der Waals surface area (Å²) in [4.78, 5) is 18.7. The van der Waals surface area contributed by atoms with Gasteiger partial charge in [0.1, 0.15) is 5.56 Å². The zero-order valence-corrected chi connectivity index (χ0v) is 13.0. The van der Waals surface area contributed by atoms with Crippen molar-refractivity contribution in [3.8, 4) is 5.88 Å². The molecular formula is C17H22N2O3. The number of carbonyl (C=O) groups excluding carboxylic acids is 1. The van der Waals surface area contributed by atoms with Crippen molar-refractivity contribution in [3.05, 3.63) is 36.0 Å². The number of rotatable bonds is 2. The minimum Gasteiger partial charge on any atom is -0.480 e. The van der Waals surface area contributed by atoms with Crippen molar-refractivity contribution < 1.29 is 14.3 Å². The molecule has 0 saturated carbocycles. The Morgan fingerprint density at radius 2 is 2.18 bits per heavy atom. The first-order chi connectivity index (χ1) is 10.7. The zero-order chi connectivity index (χ0) is 15.4. The molecule has 0 aromatic carbocycles. The summed E-state index contributed by atoms with van der Waals surface area (Å²) in [6.07, 6.45) is 8.94. The summed E-state index contributed by atoms with van der Waals surface area (Å²) in [7, 11) is 1.54. The van der Waals surface area contributed by atoms with Crippen molar-refractivity contribution in [3.63, 3.8) is 0 Å². The van der Waals surface area contributed by atoms with Gasteiger partial charge < -0.3 is 14.4 Å². The minimum absolute atomic E-state index is 0.00452. The van der Waals surface area contributed by atoms with Crippen LogP contribution in [0.3, 0.4) is 0 Å². The van der Waals surface area contributed by atoms with Gasteiger partial charge in [0.05, 0.1) is 20.3 Å². The van der Waals surface area contributed by atoms with Gasteiger partial charge in [-0.2, -0.15) is 0 Å². The molecule has 5 nitrogen and oxygen atoms in total. The van der Waals surface area contributed by atoms with Gasteiger partial charge in [0, 0.05) is 24.7 Å². The lowest BCUT2D eigenvalue weighted by Gasteiger charge is -2.40. The van der Waals surface area contributed by atoms with Gasteiger partial charge in [0.2, 0.25) is 5.88 Å². The normalized spacial score (nSPS) is 20.7. The number of carbonyl (C=O) groups is 1. The Balaban J connectivity index is 1.68. The predicted molar refractivity (Wildman–Crippen MR) is 82.9 cm³/mol. The largest absolute Gasteiger partial charge is 0.480 e. The molecule has 1 saturated heterocycles. The van der Waals surface area contributed by atoms with E-state index in [2.05, 4.69) is 17.1 Å². The van der Waals surface area contributed by atoms with Gasteiger partial charge in [-0.3, -0.25) is 4.79 Å². The Bertz CT molecular complexity index is 563. The molecule has 0 N–H and O–H groups in total. The van der Waals surface area contributed by atoms with Gasteiger partial charge in [-0.05, 0) is 31.4 Å². The van der Waals surface area contributed by atoms with Crippen LogP contribution >= 0.6 is 0 Å². The Morgan fingerprint density at radius 3 is 2.95 bits per heavy atom. The molecule has 0 atom stereocenters. The molecule has 118 valence electrons. The monoisotopic (exact) mass is 302 g/mol. The van der Waals surface area contributed by atoms with Gasteiger partial charge in [-0.15, -0.1) is 0 Å². The fourth-order valence-corrected chi connectivity index (χ4v) is 3.22. The third-order valence-electron chi connectivity index (χ3n) is 4.65. The lowest BCUT2D eigenvalue weighted by atomic mass is 9.76. The van der Waals surface area contributed by atoms with Gasteiger partial charge >= 0.3 is 0 Å². The van der Waals surface area contributed by atoms with Crippen LogP contribution in [0.15, 0.2) is 30.5 Å². The van der Waals surface area contributed by atoms with Crippen molar-refractivity contribution >= 4 is 5.91 Å². The first-order valence-corrected chi connectivity index (χ1v) is 7.75. The van der Waals surface area contributed by atoms with Gasteiger partial charge in [0.25, 0.3) is 5.91 Å². The molecule has 3 heterocycles. The SMILES string of the molecule is COc1ncccc1C(=O)N1CCC2(CC=CCOC2)CC1. The second kappa shape index (κ2) is 6.48. The van der Waals surface area contributed by atoms with Crippen LogP contribution in [0.5, 0.6) is 5.88 Å². The third-order valence-corrected chi connectivity index (χ3v) is 4.65. The number of nitrogens with zero attached hydrogens (tertiary/aromatic N) is 2. The maximum atomic E-state index is 12.7. The highest BCUT2D eigenvalue weighted by Gasteiger charge is 2.36. The number of hydrogen-bond donors (Lipinski definition) is 0. The summed E-state index contributed by atoms with van der Waals surface area (Å²) in [5.74, 6) is 0.401. The Kier molecular flexibility index (Phi) is 4.43. The molecule has 1 spiro atoms. The smallest absolute Gasteiger partial charge is 0.259 e. The summed E-state index contributed by atoms with van der Waals surface area (Å²) < 4.78 is 10.9. The number of allylic oxidation sites excluding steroid dienone is 1. The molecule has 3 rings (SSSR count). The average Bonchev–Trinajstić information content (AvgIpc) is 2.80. The van der Waals surface area contributed by atoms with E-state index in [1.807, 2.05) is 4.90 Å². The summed E-state index contributed by atoms with van der Waals surface area (Å²) >= 11 is 0. The molecule has 2 aliphatic heterocycles. The molecule has 1 amide bonds. The molecular weight excluding hydrogens is 280 g/mol. The van der Waals surface area contributed by atoms with Gasteiger partial charge in [-0.25, -0.2) is 4.98 Å².